The summed E-state index contributed by atoms with van der Waals surface area (Å²) in [6, 6.07) is 10.1. The van der Waals surface area contributed by atoms with E-state index < -0.39 is 11.5 Å². The second-order valence-corrected chi connectivity index (χ2v) is 7.38. The third kappa shape index (κ3) is 5.32. The molecule has 0 radical (unpaired) electrons. The summed E-state index contributed by atoms with van der Waals surface area (Å²) in [6.07, 6.45) is 4.61. The number of rotatable bonds is 6. The Labute approximate surface area is 178 Å². The molecule has 0 bridgehead atoms. The molecule has 1 fully saturated rings. The van der Waals surface area contributed by atoms with Crippen molar-refractivity contribution in [3.8, 4) is 0 Å². The Morgan fingerprint density at radius 2 is 1.74 bits per heavy atom. The molecule has 160 valence electrons. The lowest BCUT2D eigenvalue weighted by Gasteiger charge is -2.35. The van der Waals surface area contributed by atoms with E-state index in [2.05, 4.69) is 25.2 Å². The van der Waals surface area contributed by atoms with Crippen LogP contribution in [0.15, 0.2) is 59.8 Å². The molecule has 31 heavy (non-hydrogen) atoms. The van der Waals surface area contributed by atoms with Crippen molar-refractivity contribution in [2.75, 3.05) is 31.1 Å². The molecule has 3 aromatic rings. The van der Waals surface area contributed by atoms with Gasteiger partial charge >= 0.3 is 0 Å². The number of aromatic amines is 1. The Kier molecular flexibility index (Phi) is 6.32. The number of nitrogens with zero attached hydrogens (tertiary/aromatic N) is 4. The number of hydrogen-bond donors (Lipinski definition) is 2. The summed E-state index contributed by atoms with van der Waals surface area (Å²) >= 11 is 0. The van der Waals surface area contributed by atoms with Crippen LogP contribution in [0.25, 0.3) is 0 Å². The molecular formula is C22H23FN6O2. The van der Waals surface area contributed by atoms with Crippen LogP contribution in [0.2, 0.25) is 0 Å². The number of amides is 1. The van der Waals surface area contributed by atoms with Crippen LogP contribution in [0, 0.1) is 5.82 Å². The zero-order valence-corrected chi connectivity index (χ0v) is 16.9. The highest BCUT2D eigenvalue weighted by Gasteiger charge is 2.20. The monoisotopic (exact) mass is 422 g/mol. The molecule has 0 saturated carbocycles. The van der Waals surface area contributed by atoms with E-state index in [0.717, 1.165) is 30.8 Å². The first-order chi connectivity index (χ1) is 15.1. The van der Waals surface area contributed by atoms with Gasteiger partial charge in [-0.2, -0.15) is 0 Å². The second-order valence-electron chi connectivity index (χ2n) is 7.38. The molecule has 9 heteroatoms. The average molecular weight is 422 g/mol. The Balaban J connectivity index is 1.32. The van der Waals surface area contributed by atoms with E-state index in [0.29, 0.717) is 25.6 Å². The number of anilines is 1. The number of halogens is 1. The minimum atomic E-state index is -0.471. The SMILES string of the molecule is O=C(NCc1ccncc1)c1cnc(N2CCN(Cc3ccc(F)cc3)CC2)[nH]c1=O. The maximum absolute atomic E-state index is 13.1. The fraction of sp³-hybridized carbons (Fsp3) is 0.273. The van der Waals surface area contributed by atoms with E-state index in [1.165, 1.54) is 18.3 Å². The van der Waals surface area contributed by atoms with Gasteiger partial charge in [0, 0.05) is 57.9 Å². The van der Waals surface area contributed by atoms with Gasteiger partial charge in [-0.05, 0) is 35.4 Å². The zero-order chi connectivity index (χ0) is 21.6. The van der Waals surface area contributed by atoms with Crippen LogP contribution >= 0.6 is 0 Å². The molecule has 4 rings (SSSR count). The Bertz CT molecular complexity index is 1080. The molecule has 2 N–H and O–H groups in total. The number of aromatic nitrogens is 3. The zero-order valence-electron chi connectivity index (χ0n) is 16.9. The number of H-pyrrole nitrogens is 1. The molecule has 2 aromatic heterocycles. The second kappa shape index (κ2) is 9.48. The van der Waals surface area contributed by atoms with E-state index in [-0.39, 0.29) is 11.4 Å². The fourth-order valence-electron chi connectivity index (χ4n) is 3.45. The van der Waals surface area contributed by atoms with Gasteiger partial charge in [0.05, 0.1) is 0 Å². The predicted octanol–water partition coefficient (Wildman–Crippen LogP) is 1.56. The van der Waals surface area contributed by atoms with E-state index in [1.807, 2.05) is 4.90 Å². The van der Waals surface area contributed by atoms with Crippen molar-refractivity contribution in [1.82, 2.24) is 25.2 Å². The number of nitrogens with one attached hydrogen (secondary N) is 2. The van der Waals surface area contributed by atoms with Gasteiger partial charge in [-0.3, -0.25) is 24.5 Å². The lowest BCUT2D eigenvalue weighted by Crippen LogP contribution is -2.47. The minimum absolute atomic E-state index is 0.0206. The average Bonchev–Trinajstić information content (AvgIpc) is 2.80. The number of pyridine rings is 1. The van der Waals surface area contributed by atoms with Crippen molar-refractivity contribution in [3.63, 3.8) is 0 Å². The maximum atomic E-state index is 13.1. The summed E-state index contributed by atoms with van der Waals surface area (Å²) in [5.74, 6) is -0.253. The van der Waals surface area contributed by atoms with Crippen LogP contribution in [-0.4, -0.2) is 51.9 Å². The van der Waals surface area contributed by atoms with Crippen LogP contribution in [0.1, 0.15) is 21.5 Å². The quantitative estimate of drug-likeness (QED) is 0.626. The topological polar surface area (TPSA) is 94.2 Å². The van der Waals surface area contributed by atoms with Gasteiger partial charge in [0.25, 0.3) is 11.5 Å². The van der Waals surface area contributed by atoms with E-state index in [9.17, 15) is 14.0 Å². The number of piperazine rings is 1. The lowest BCUT2D eigenvalue weighted by molar-refractivity contribution is 0.0949. The molecule has 1 saturated heterocycles. The summed E-state index contributed by atoms with van der Waals surface area (Å²) in [4.78, 5) is 40.0. The van der Waals surface area contributed by atoms with Gasteiger partial charge in [-0.1, -0.05) is 12.1 Å². The van der Waals surface area contributed by atoms with Gasteiger partial charge in [0.1, 0.15) is 11.4 Å². The van der Waals surface area contributed by atoms with E-state index >= 15 is 0 Å². The molecule has 1 amide bonds. The lowest BCUT2D eigenvalue weighted by atomic mass is 10.2. The Morgan fingerprint density at radius 1 is 1.03 bits per heavy atom. The van der Waals surface area contributed by atoms with Crippen LogP contribution in [-0.2, 0) is 13.1 Å². The third-order valence-electron chi connectivity index (χ3n) is 5.22. The van der Waals surface area contributed by atoms with Crippen LogP contribution in [0.3, 0.4) is 0 Å². The van der Waals surface area contributed by atoms with Gasteiger partial charge in [-0.15, -0.1) is 0 Å². The van der Waals surface area contributed by atoms with E-state index in [1.54, 1.807) is 36.7 Å². The van der Waals surface area contributed by atoms with Crippen molar-refractivity contribution in [2.24, 2.45) is 0 Å². The van der Waals surface area contributed by atoms with Crippen molar-refractivity contribution < 1.29 is 9.18 Å². The first kappa shape index (κ1) is 20.7. The third-order valence-corrected chi connectivity index (χ3v) is 5.22. The molecule has 0 aliphatic carbocycles. The first-order valence-electron chi connectivity index (χ1n) is 10.1. The predicted molar refractivity (Wildman–Crippen MR) is 114 cm³/mol. The number of carbonyl (C=O) groups excluding carboxylic acids is 1. The standard InChI is InChI=1S/C22H23FN6O2/c23-18-3-1-17(2-4-18)15-28-9-11-29(12-10-28)22-26-14-19(21(31)27-22)20(30)25-13-16-5-7-24-8-6-16/h1-8,14H,9-13,15H2,(H,25,30)(H,26,27,31). The highest BCUT2D eigenvalue weighted by Crippen LogP contribution is 2.13. The molecule has 0 spiro atoms. The summed E-state index contributed by atoms with van der Waals surface area (Å²) in [5, 5.41) is 2.72. The van der Waals surface area contributed by atoms with Crippen molar-refractivity contribution >= 4 is 11.9 Å². The number of benzene rings is 1. The summed E-state index contributed by atoms with van der Waals surface area (Å²) < 4.78 is 13.1. The number of hydrogen-bond acceptors (Lipinski definition) is 6. The summed E-state index contributed by atoms with van der Waals surface area (Å²) in [6.45, 7) is 4.01. The van der Waals surface area contributed by atoms with Crippen LogP contribution < -0.4 is 15.8 Å². The molecule has 8 nitrogen and oxygen atoms in total. The number of carbonyl (C=O) groups is 1. The molecule has 3 heterocycles. The molecule has 0 atom stereocenters. The molecule has 1 aromatic carbocycles. The normalized spacial score (nSPS) is 14.4. The van der Waals surface area contributed by atoms with Crippen molar-refractivity contribution in [3.05, 3.63) is 87.9 Å². The smallest absolute Gasteiger partial charge is 0.265 e. The molecule has 1 aliphatic rings. The highest BCUT2D eigenvalue weighted by molar-refractivity contribution is 5.93. The summed E-state index contributed by atoms with van der Waals surface area (Å²) in [5.41, 5.74) is 1.46. The maximum Gasteiger partial charge on any atom is 0.265 e. The van der Waals surface area contributed by atoms with Gasteiger partial charge < -0.3 is 10.2 Å². The van der Waals surface area contributed by atoms with Crippen molar-refractivity contribution in [2.45, 2.75) is 13.1 Å². The Morgan fingerprint density at radius 3 is 2.42 bits per heavy atom. The van der Waals surface area contributed by atoms with Crippen molar-refractivity contribution in [1.29, 1.82) is 0 Å². The first-order valence-corrected chi connectivity index (χ1v) is 10.1. The minimum Gasteiger partial charge on any atom is -0.348 e. The van der Waals surface area contributed by atoms with Crippen LogP contribution in [0.5, 0.6) is 0 Å². The largest absolute Gasteiger partial charge is 0.348 e. The molecule has 0 unspecified atom stereocenters. The van der Waals surface area contributed by atoms with E-state index in [4.69, 9.17) is 0 Å². The molecule has 1 aliphatic heterocycles. The Hall–Kier alpha value is -3.59. The van der Waals surface area contributed by atoms with Gasteiger partial charge in [0.15, 0.2) is 0 Å². The van der Waals surface area contributed by atoms with Crippen LogP contribution in [0.4, 0.5) is 10.3 Å². The van der Waals surface area contributed by atoms with Gasteiger partial charge in [0.2, 0.25) is 5.95 Å². The molecular weight excluding hydrogens is 399 g/mol. The highest BCUT2D eigenvalue weighted by atomic mass is 19.1. The van der Waals surface area contributed by atoms with Gasteiger partial charge in [-0.25, -0.2) is 9.37 Å². The summed E-state index contributed by atoms with van der Waals surface area (Å²) in [7, 11) is 0. The fourth-order valence-corrected chi connectivity index (χ4v) is 3.45.